The lowest BCUT2D eigenvalue weighted by atomic mass is 9.77. The molecule has 0 bridgehead atoms. The van der Waals surface area contributed by atoms with Crippen LogP contribution in [0.2, 0.25) is 0 Å². The van der Waals surface area contributed by atoms with Gasteiger partial charge in [-0.15, -0.1) is 0 Å². The van der Waals surface area contributed by atoms with Crippen LogP contribution in [0.4, 0.5) is 0 Å². The summed E-state index contributed by atoms with van der Waals surface area (Å²) in [5, 5.41) is 13.6. The lowest BCUT2D eigenvalue weighted by Gasteiger charge is -2.53. The van der Waals surface area contributed by atoms with Crippen molar-refractivity contribution in [2.75, 3.05) is 0 Å². The van der Waals surface area contributed by atoms with E-state index >= 15 is 0 Å². The minimum Gasteiger partial charge on any atom is -0.313 e. The standard InChI is InChI=1S/C21H24N2O3/c1-20(2)11-14(12-21(3,4)23(20)26)22-18(24)15-9-5-7-13-8-6-10-16(17(13)15)19(22)25/h5-10,14,26H,11-12H2,1-4H3. The Balaban J connectivity index is 1.82. The van der Waals surface area contributed by atoms with Crippen LogP contribution in [0.1, 0.15) is 61.3 Å². The van der Waals surface area contributed by atoms with Crippen molar-refractivity contribution in [1.29, 1.82) is 0 Å². The molecule has 2 aliphatic rings. The predicted octanol–water partition coefficient (Wildman–Crippen LogP) is 3.85. The number of piperidine rings is 1. The van der Waals surface area contributed by atoms with Crippen LogP contribution in [0, 0.1) is 0 Å². The van der Waals surface area contributed by atoms with Gasteiger partial charge in [-0.2, -0.15) is 5.06 Å². The molecule has 2 aromatic rings. The van der Waals surface area contributed by atoms with Crippen LogP contribution in [0.25, 0.3) is 10.8 Å². The molecule has 1 saturated heterocycles. The smallest absolute Gasteiger partial charge is 0.261 e. The second kappa shape index (κ2) is 5.38. The number of hydrogen-bond acceptors (Lipinski definition) is 4. The molecule has 1 fully saturated rings. The highest BCUT2D eigenvalue weighted by atomic mass is 16.5. The van der Waals surface area contributed by atoms with E-state index in [1.165, 1.54) is 9.96 Å². The molecule has 2 heterocycles. The first-order chi connectivity index (χ1) is 12.1. The first-order valence-electron chi connectivity index (χ1n) is 9.02. The van der Waals surface area contributed by atoms with Crippen molar-refractivity contribution in [3.05, 3.63) is 47.5 Å². The molecule has 0 aliphatic carbocycles. The minimum absolute atomic E-state index is 0.234. The highest BCUT2D eigenvalue weighted by molar-refractivity contribution is 6.25. The average molecular weight is 352 g/mol. The maximum absolute atomic E-state index is 13.2. The highest BCUT2D eigenvalue weighted by Crippen LogP contribution is 2.41. The van der Waals surface area contributed by atoms with Crippen molar-refractivity contribution in [2.24, 2.45) is 0 Å². The number of rotatable bonds is 1. The van der Waals surface area contributed by atoms with E-state index < -0.39 is 11.1 Å². The third-order valence-corrected chi connectivity index (χ3v) is 5.79. The molecule has 0 radical (unpaired) electrons. The summed E-state index contributed by atoms with van der Waals surface area (Å²) in [4.78, 5) is 27.9. The number of amides is 2. The zero-order chi connectivity index (χ0) is 18.9. The number of benzene rings is 2. The molecule has 0 aromatic heterocycles. The van der Waals surface area contributed by atoms with E-state index in [-0.39, 0.29) is 17.9 Å². The van der Waals surface area contributed by atoms with Crippen molar-refractivity contribution < 1.29 is 14.8 Å². The number of carbonyl (C=O) groups excluding carboxylic acids is 2. The Morgan fingerprint density at radius 1 is 0.885 bits per heavy atom. The van der Waals surface area contributed by atoms with Crippen LogP contribution in [0.5, 0.6) is 0 Å². The molecule has 2 aromatic carbocycles. The maximum Gasteiger partial charge on any atom is 0.261 e. The van der Waals surface area contributed by atoms with Crippen LogP contribution in [-0.2, 0) is 0 Å². The predicted molar refractivity (Wildman–Crippen MR) is 99.3 cm³/mol. The summed E-state index contributed by atoms with van der Waals surface area (Å²) < 4.78 is 0. The lowest BCUT2D eigenvalue weighted by Crippen LogP contribution is -2.64. The average Bonchev–Trinajstić information content (AvgIpc) is 2.57. The van der Waals surface area contributed by atoms with Crippen molar-refractivity contribution >= 4 is 22.6 Å². The summed E-state index contributed by atoms with van der Waals surface area (Å²) in [5.74, 6) is -0.468. The minimum atomic E-state index is -0.532. The van der Waals surface area contributed by atoms with Gasteiger partial charge in [0.15, 0.2) is 0 Å². The van der Waals surface area contributed by atoms with Gasteiger partial charge in [0, 0.05) is 33.6 Å². The molecule has 2 amide bonds. The van der Waals surface area contributed by atoms with Gasteiger partial charge >= 0.3 is 0 Å². The first kappa shape index (κ1) is 17.2. The van der Waals surface area contributed by atoms with Crippen molar-refractivity contribution in [2.45, 2.75) is 57.7 Å². The summed E-state index contributed by atoms with van der Waals surface area (Å²) in [6, 6.07) is 10.9. The highest BCUT2D eigenvalue weighted by Gasteiger charge is 2.49. The van der Waals surface area contributed by atoms with E-state index in [2.05, 4.69) is 0 Å². The Morgan fingerprint density at radius 3 is 1.81 bits per heavy atom. The molecule has 26 heavy (non-hydrogen) atoms. The largest absolute Gasteiger partial charge is 0.313 e. The molecule has 5 heteroatoms. The summed E-state index contributed by atoms with van der Waals surface area (Å²) in [6.45, 7) is 7.76. The van der Waals surface area contributed by atoms with Gasteiger partial charge in [0.05, 0.1) is 0 Å². The molecular formula is C21H24N2O3. The van der Waals surface area contributed by atoms with Gasteiger partial charge in [-0.25, -0.2) is 0 Å². The quantitative estimate of drug-likeness (QED) is 0.792. The van der Waals surface area contributed by atoms with Gasteiger partial charge in [0.25, 0.3) is 11.8 Å². The normalized spacial score (nSPS) is 22.9. The second-order valence-electron chi connectivity index (χ2n) is 8.69. The Morgan fingerprint density at radius 2 is 1.35 bits per heavy atom. The molecule has 0 saturated carbocycles. The number of hydrogen-bond donors (Lipinski definition) is 1. The van der Waals surface area contributed by atoms with Gasteiger partial charge in [-0.3, -0.25) is 14.5 Å². The van der Waals surface area contributed by atoms with E-state index in [4.69, 9.17) is 0 Å². The van der Waals surface area contributed by atoms with E-state index in [0.717, 1.165) is 10.8 Å². The number of nitrogens with zero attached hydrogens (tertiary/aromatic N) is 2. The van der Waals surface area contributed by atoms with Gasteiger partial charge in [0.1, 0.15) is 0 Å². The fraction of sp³-hybridized carbons (Fsp3) is 0.429. The monoisotopic (exact) mass is 352 g/mol. The Labute approximate surface area is 153 Å². The topological polar surface area (TPSA) is 60.9 Å². The molecule has 5 nitrogen and oxygen atoms in total. The Hall–Kier alpha value is -2.24. The van der Waals surface area contributed by atoms with E-state index in [1.807, 2.05) is 52.0 Å². The van der Waals surface area contributed by atoms with Crippen LogP contribution in [0.3, 0.4) is 0 Å². The summed E-state index contributed by atoms with van der Waals surface area (Å²) >= 11 is 0. The van der Waals surface area contributed by atoms with Gasteiger partial charge in [-0.1, -0.05) is 24.3 Å². The summed E-state index contributed by atoms with van der Waals surface area (Å²) in [7, 11) is 0. The van der Waals surface area contributed by atoms with Crippen molar-refractivity contribution in [3.8, 4) is 0 Å². The molecule has 0 spiro atoms. The summed E-state index contributed by atoms with van der Waals surface area (Å²) in [6.07, 6.45) is 1.06. The van der Waals surface area contributed by atoms with Crippen molar-refractivity contribution in [1.82, 2.24) is 9.96 Å². The third kappa shape index (κ3) is 2.31. The Bertz CT molecular complexity index is 863. The van der Waals surface area contributed by atoms with Gasteiger partial charge < -0.3 is 5.21 Å². The van der Waals surface area contributed by atoms with Gasteiger partial charge in [-0.05, 0) is 58.1 Å². The SMILES string of the molecule is CC1(C)CC(N2C(=O)c3cccc4cccc(c34)C2=O)CC(C)(C)N1O. The zero-order valence-corrected chi connectivity index (χ0v) is 15.6. The number of hydroxylamine groups is 2. The second-order valence-corrected chi connectivity index (χ2v) is 8.69. The molecule has 0 atom stereocenters. The fourth-order valence-corrected chi connectivity index (χ4v) is 4.78. The molecule has 1 N–H and O–H groups in total. The van der Waals surface area contributed by atoms with Crippen LogP contribution in [-0.4, -0.2) is 44.1 Å². The molecule has 0 unspecified atom stereocenters. The lowest BCUT2D eigenvalue weighted by molar-refractivity contribution is -0.249. The van der Waals surface area contributed by atoms with Crippen LogP contribution >= 0.6 is 0 Å². The van der Waals surface area contributed by atoms with Crippen molar-refractivity contribution in [3.63, 3.8) is 0 Å². The maximum atomic E-state index is 13.2. The van der Waals surface area contributed by atoms with E-state index in [1.54, 1.807) is 12.1 Å². The van der Waals surface area contributed by atoms with Gasteiger partial charge in [0.2, 0.25) is 0 Å². The first-order valence-corrected chi connectivity index (χ1v) is 9.02. The molecule has 4 rings (SSSR count). The molecule has 2 aliphatic heterocycles. The van der Waals surface area contributed by atoms with E-state index in [9.17, 15) is 14.8 Å². The van der Waals surface area contributed by atoms with Crippen LogP contribution in [0.15, 0.2) is 36.4 Å². The molecule has 136 valence electrons. The fourth-order valence-electron chi connectivity index (χ4n) is 4.78. The number of carbonyl (C=O) groups is 2. The molecular weight excluding hydrogens is 328 g/mol. The Kier molecular flexibility index (Phi) is 3.56. The van der Waals surface area contributed by atoms with E-state index in [0.29, 0.717) is 24.0 Å². The third-order valence-electron chi connectivity index (χ3n) is 5.79. The number of imide groups is 1. The van der Waals surface area contributed by atoms with Crippen LogP contribution < -0.4 is 0 Å². The zero-order valence-electron chi connectivity index (χ0n) is 15.6. The summed E-state index contributed by atoms with van der Waals surface area (Å²) in [5.41, 5.74) is 0.103.